The van der Waals surface area contributed by atoms with E-state index in [0.717, 1.165) is 37.9 Å². The lowest BCUT2D eigenvalue weighted by Crippen LogP contribution is -2.56. The highest BCUT2D eigenvalue weighted by molar-refractivity contribution is 5.87. The fourth-order valence-electron chi connectivity index (χ4n) is 6.94. The Labute approximate surface area is 211 Å². The summed E-state index contributed by atoms with van der Waals surface area (Å²) in [4.78, 5) is 33.6. The number of likely N-dealkylation sites (tertiary alicyclic amines) is 1. The highest BCUT2D eigenvalue weighted by atomic mass is 16.5. The van der Waals surface area contributed by atoms with Crippen LogP contribution in [0.4, 0.5) is 0 Å². The quantitative estimate of drug-likeness (QED) is 0.550. The van der Waals surface area contributed by atoms with Crippen molar-refractivity contribution in [2.24, 2.45) is 0 Å². The predicted octanol–water partition coefficient (Wildman–Crippen LogP) is 3.72. The van der Waals surface area contributed by atoms with Crippen LogP contribution < -0.4 is 5.32 Å². The number of H-pyrrole nitrogens is 1. The second-order valence-electron chi connectivity index (χ2n) is 10.5. The molecule has 0 saturated carbocycles. The van der Waals surface area contributed by atoms with Gasteiger partial charge in [-0.2, -0.15) is 0 Å². The molecule has 0 bridgehead atoms. The molecule has 0 radical (unpaired) electrons. The largest absolute Gasteiger partial charge is 0.468 e. The molecule has 3 aliphatic rings. The first-order valence-corrected chi connectivity index (χ1v) is 13.0. The molecule has 7 heteroatoms. The molecular formula is C29H34N4O3. The SMILES string of the molecule is COC(=O)[C@@H]1Cc2c([nH]c3ccccc23)[C@H]2C[C@@H](N3CC[C@H](NC(C)=O)C3)C[C@@H](c3ccccc3)N21. The standard InChI is InChI=1S/C29H34N4O3/c1-18(34)30-20-12-13-32(17-20)21-14-25(19-8-4-3-5-9-19)33-26(15-21)28-23(16-27(33)29(35)36-2)22-10-6-7-11-24(22)31-28/h3-11,20-21,25-27,31H,12-17H2,1-2H3,(H,30,34)/t20-,21-,25-,26+,27-/m0/s1. The number of hydrogen-bond acceptors (Lipinski definition) is 5. The van der Waals surface area contributed by atoms with Crippen molar-refractivity contribution in [1.82, 2.24) is 20.1 Å². The summed E-state index contributed by atoms with van der Waals surface area (Å²) in [5.74, 6) is -0.128. The van der Waals surface area contributed by atoms with Gasteiger partial charge < -0.3 is 15.0 Å². The van der Waals surface area contributed by atoms with Gasteiger partial charge in [0.2, 0.25) is 5.91 Å². The van der Waals surface area contributed by atoms with Gasteiger partial charge in [-0.15, -0.1) is 0 Å². The van der Waals surface area contributed by atoms with Gasteiger partial charge in [0.05, 0.1) is 13.2 Å². The number of benzene rings is 2. The highest BCUT2D eigenvalue weighted by Crippen LogP contribution is 2.50. The van der Waals surface area contributed by atoms with Crippen molar-refractivity contribution >= 4 is 22.8 Å². The molecular weight excluding hydrogens is 452 g/mol. The first-order chi connectivity index (χ1) is 17.5. The Bertz CT molecular complexity index is 1270. The van der Waals surface area contributed by atoms with Gasteiger partial charge in [0, 0.05) is 61.2 Å². The number of esters is 1. The summed E-state index contributed by atoms with van der Waals surface area (Å²) >= 11 is 0. The fraction of sp³-hybridized carbons (Fsp3) is 0.448. The number of aromatic nitrogens is 1. The normalized spacial score (nSPS) is 28.4. The minimum Gasteiger partial charge on any atom is -0.468 e. The van der Waals surface area contributed by atoms with Gasteiger partial charge in [-0.1, -0.05) is 48.5 Å². The summed E-state index contributed by atoms with van der Waals surface area (Å²) in [5, 5.41) is 4.31. The van der Waals surface area contributed by atoms with E-state index in [4.69, 9.17) is 4.74 Å². The molecule has 0 spiro atoms. The van der Waals surface area contributed by atoms with E-state index in [-0.39, 0.29) is 36.0 Å². The number of para-hydroxylation sites is 1. The third-order valence-electron chi connectivity index (χ3n) is 8.45. The third kappa shape index (κ3) is 4.00. The molecule has 2 saturated heterocycles. The smallest absolute Gasteiger partial charge is 0.323 e. The van der Waals surface area contributed by atoms with E-state index >= 15 is 0 Å². The zero-order chi connectivity index (χ0) is 24.8. The number of piperidine rings is 1. The van der Waals surface area contributed by atoms with Gasteiger partial charge >= 0.3 is 5.97 Å². The molecule has 0 aliphatic carbocycles. The number of nitrogens with zero attached hydrogens (tertiary/aromatic N) is 2. The van der Waals surface area contributed by atoms with Crippen molar-refractivity contribution in [2.45, 2.75) is 62.8 Å². The van der Waals surface area contributed by atoms with Crippen LogP contribution in [0.1, 0.15) is 55.1 Å². The number of nitrogens with one attached hydrogen (secondary N) is 2. The average molecular weight is 487 g/mol. The number of amides is 1. The maximum absolute atomic E-state index is 13.2. The average Bonchev–Trinajstić information content (AvgIpc) is 3.52. The van der Waals surface area contributed by atoms with Gasteiger partial charge in [0.15, 0.2) is 0 Å². The molecule has 6 rings (SSSR count). The van der Waals surface area contributed by atoms with E-state index in [1.54, 1.807) is 6.92 Å². The van der Waals surface area contributed by atoms with Crippen LogP contribution in [0.2, 0.25) is 0 Å². The number of methoxy groups -OCH3 is 1. The van der Waals surface area contributed by atoms with Crippen LogP contribution in [0.25, 0.3) is 10.9 Å². The van der Waals surface area contributed by atoms with Crippen molar-refractivity contribution in [3.63, 3.8) is 0 Å². The Hall–Kier alpha value is -3.16. The fourth-order valence-corrected chi connectivity index (χ4v) is 6.94. The molecule has 2 aromatic carbocycles. The minimum atomic E-state index is -0.330. The molecule has 3 aliphatic heterocycles. The Morgan fingerprint density at radius 3 is 2.56 bits per heavy atom. The van der Waals surface area contributed by atoms with Gasteiger partial charge in [0.1, 0.15) is 6.04 Å². The molecule has 5 atom stereocenters. The van der Waals surface area contributed by atoms with Crippen molar-refractivity contribution < 1.29 is 14.3 Å². The summed E-state index contributed by atoms with van der Waals surface area (Å²) in [7, 11) is 1.50. The molecule has 7 nitrogen and oxygen atoms in total. The maximum Gasteiger partial charge on any atom is 0.323 e. The minimum absolute atomic E-state index is 0.0368. The lowest BCUT2D eigenvalue weighted by atomic mass is 9.79. The first kappa shape index (κ1) is 23.3. The molecule has 4 heterocycles. The number of ether oxygens (including phenoxy) is 1. The van der Waals surface area contributed by atoms with Crippen molar-refractivity contribution in [3.8, 4) is 0 Å². The van der Waals surface area contributed by atoms with Crippen LogP contribution in [0, 0.1) is 0 Å². The van der Waals surface area contributed by atoms with Crippen LogP contribution in [0.5, 0.6) is 0 Å². The van der Waals surface area contributed by atoms with E-state index in [2.05, 4.69) is 68.6 Å². The van der Waals surface area contributed by atoms with Gasteiger partial charge in [0.25, 0.3) is 0 Å². The number of carbonyl (C=O) groups excluding carboxylic acids is 2. The first-order valence-electron chi connectivity index (χ1n) is 13.0. The Kier molecular flexibility index (Phi) is 6.05. The van der Waals surface area contributed by atoms with E-state index < -0.39 is 0 Å². The van der Waals surface area contributed by atoms with Crippen LogP contribution in [0.3, 0.4) is 0 Å². The number of fused-ring (bicyclic) bond motifs is 5. The highest BCUT2D eigenvalue weighted by Gasteiger charge is 2.49. The molecule has 2 fully saturated rings. The van der Waals surface area contributed by atoms with E-state index in [1.807, 2.05) is 6.07 Å². The molecule has 0 unspecified atom stereocenters. The van der Waals surface area contributed by atoms with Crippen LogP contribution in [0.15, 0.2) is 54.6 Å². The number of aromatic amines is 1. The van der Waals surface area contributed by atoms with Crippen molar-refractivity contribution in [1.29, 1.82) is 0 Å². The lowest BCUT2D eigenvalue weighted by molar-refractivity contribution is -0.152. The Balaban J connectivity index is 1.43. The number of rotatable bonds is 4. The summed E-state index contributed by atoms with van der Waals surface area (Å²) in [6.45, 7) is 3.45. The van der Waals surface area contributed by atoms with Gasteiger partial charge in [-0.25, -0.2) is 0 Å². The molecule has 188 valence electrons. The van der Waals surface area contributed by atoms with E-state index in [9.17, 15) is 9.59 Å². The monoisotopic (exact) mass is 486 g/mol. The van der Waals surface area contributed by atoms with Crippen LogP contribution in [-0.2, 0) is 20.7 Å². The van der Waals surface area contributed by atoms with Crippen LogP contribution in [-0.4, -0.2) is 65.0 Å². The van der Waals surface area contributed by atoms with Gasteiger partial charge in [-0.3, -0.25) is 19.4 Å². The predicted molar refractivity (Wildman–Crippen MR) is 138 cm³/mol. The third-order valence-corrected chi connectivity index (χ3v) is 8.45. The maximum atomic E-state index is 13.2. The second-order valence-corrected chi connectivity index (χ2v) is 10.5. The molecule has 1 aromatic heterocycles. The van der Waals surface area contributed by atoms with E-state index in [0.29, 0.717) is 12.5 Å². The number of carbonyl (C=O) groups is 2. The van der Waals surface area contributed by atoms with Gasteiger partial charge in [-0.05, 0) is 36.5 Å². The van der Waals surface area contributed by atoms with Crippen molar-refractivity contribution in [2.75, 3.05) is 20.2 Å². The topological polar surface area (TPSA) is 77.7 Å². The van der Waals surface area contributed by atoms with Crippen molar-refractivity contribution in [3.05, 3.63) is 71.4 Å². The zero-order valence-corrected chi connectivity index (χ0v) is 20.9. The number of hydrogen-bond donors (Lipinski definition) is 2. The lowest BCUT2D eigenvalue weighted by Gasteiger charge is -2.52. The summed E-state index contributed by atoms with van der Waals surface area (Å²) in [6.07, 6.45) is 3.49. The second kappa shape index (κ2) is 9.37. The summed E-state index contributed by atoms with van der Waals surface area (Å²) in [6, 6.07) is 19.4. The molecule has 1 amide bonds. The van der Waals surface area contributed by atoms with Crippen LogP contribution >= 0.6 is 0 Å². The molecule has 3 aromatic rings. The Morgan fingerprint density at radius 2 is 1.78 bits per heavy atom. The molecule has 2 N–H and O–H groups in total. The summed E-state index contributed by atoms with van der Waals surface area (Å²) in [5.41, 5.74) is 4.84. The molecule has 36 heavy (non-hydrogen) atoms. The summed E-state index contributed by atoms with van der Waals surface area (Å²) < 4.78 is 5.36. The zero-order valence-electron chi connectivity index (χ0n) is 20.9. The Morgan fingerprint density at radius 1 is 1.03 bits per heavy atom. The van der Waals surface area contributed by atoms with E-state index in [1.165, 1.54) is 29.3 Å².